The molecule has 9 aromatic carbocycles. The third-order valence-corrected chi connectivity index (χ3v) is 10.5. The van der Waals surface area contributed by atoms with Gasteiger partial charge in [0, 0.05) is 0 Å². The van der Waals surface area contributed by atoms with Gasteiger partial charge in [0.2, 0.25) is 0 Å². The Morgan fingerprint density at radius 2 is 0.587 bits per heavy atom. The van der Waals surface area contributed by atoms with Gasteiger partial charge >= 0.3 is 0 Å². The Morgan fingerprint density at radius 1 is 0.238 bits per heavy atom. The van der Waals surface area contributed by atoms with Gasteiger partial charge < -0.3 is 0 Å². The SMILES string of the molecule is CCC.Cc1ccc(-c2cccc(-c3ccc(C)c(-c4ccc(-c5ccccc5)cc4C)c3-c3ccccc3)c2)cc1.Cc1ccccc1.Cc1ccccc1.Cc1ccccc1. The van der Waals surface area contributed by atoms with Crippen LogP contribution in [-0.4, -0.2) is 0 Å². The first-order chi connectivity index (χ1) is 30.7. The summed E-state index contributed by atoms with van der Waals surface area (Å²) in [6, 6.07) is 81.5. The summed E-state index contributed by atoms with van der Waals surface area (Å²) in [4.78, 5) is 0. The fourth-order valence-corrected chi connectivity index (χ4v) is 7.17. The summed E-state index contributed by atoms with van der Waals surface area (Å²) in [6.07, 6.45) is 1.25. The lowest BCUT2D eigenvalue weighted by atomic mass is 9.83. The maximum atomic E-state index is 2.33. The number of aryl methyl sites for hydroxylation is 6. The van der Waals surface area contributed by atoms with Crippen LogP contribution in [0, 0.1) is 41.5 Å². The van der Waals surface area contributed by atoms with Crippen molar-refractivity contribution in [3.8, 4) is 55.6 Å². The van der Waals surface area contributed by atoms with Crippen LogP contribution in [0.25, 0.3) is 55.6 Å². The first-order valence-corrected chi connectivity index (χ1v) is 22.3. The summed E-state index contributed by atoms with van der Waals surface area (Å²) in [5.74, 6) is 0. The van der Waals surface area contributed by atoms with E-state index in [0.717, 1.165) is 0 Å². The molecule has 63 heavy (non-hydrogen) atoms. The van der Waals surface area contributed by atoms with Crippen molar-refractivity contribution in [1.82, 2.24) is 0 Å². The molecule has 0 radical (unpaired) electrons. The zero-order valence-electron chi connectivity index (χ0n) is 38.6. The predicted molar refractivity (Wildman–Crippen MR) is 277 cm³/mol. The molecule has 0 heteroatoms. The van der Waals surface area contributed by atoms with Gasteiger partial charge in [0.1, 0.15) is 0 Å². The zero-order valence-corrected chi connectivity index (χ0v) is 38.6. The van der Waals surface area contributed by atoms with Crippen LogP contribution in [0.3, 0.4) is 0 Å². The van der Waals surface area contributed by atoms with E-state index in [-0.39, 0.29) is 0 Å². The van der Waals surface area contributed by atoms with Gasteiger partial charge in [-0.05, 0) is 114 Å². The van der Waals surface area contributed by atoms with E-state index >= 15 is 0 Å². The summed E-state index contributed by atoms with van der Waals surface area (Å²) in [7, 11) is 0. The van der Waals surface area contributed by atoms with E-state index in [1.54, 1.807) is 0 Å². The van der Waals surface area contributed by atoms with E-state index in [9.17, 15) is 0 Å². The third-order valence-electron chi connectivity index (χ3n) is 10.5. The number of benzene rings is 9. The van der Waals surface area contributed by atoms with Gasteiger partial charge in [-0.2, -0.15) is 0 Å². The van der Waals surface area contributed by atoms with Crippen molar-refractivity contribution in [2.75, 3.05) is 0 Å². The Morgan fingerprint density at radius 3 is 1.03 bits per heavy atom. The second-order valence-electron chi connectivity index (χ2n) is 16.1. The highest BCUT2D eigenvalue weighted by Crippen LogP contribution is 2.44. The molecule has 0 unspecified atom stereocenters. The summed E-state index contributed by atoms with van der Waals surface area (Å²) in [5.41, 5.74) is 20.3. The number of hydrogen-bond acceptors (Lipinski definition) is 0. The average Bonchev–Trinajstić information content (AvgIpc) is 3.32. The van der Waals surface area contributed by atoms with Crippen molar-refractivity contribution < 1.29 is 0 Å². The minimum atomic E-state index is 1.23. The molecule has 9 rings (SSSR count). The minimum absolute atomic E-state index is 1.23. The normalized spacial score (nSPS) is 9.97. The summed E-state index contributed by atoms with van der Waals surface area (Å²) >= 11 is 0. The van der Waals surface area contributed by atoms with Crippen LogP contribution in [0.2, 0.25) is 0 Å². The third kappa shape index (κ3) is 14.6. The number of hydrogen-bond donors (Lipinski definition) is 0. The van der Waals surface area contributed by atoms with E-state index < -0.39 is 0 Å². The first-order valence-electron chi connectivity index (χ1n) is 22.3. The molecule has 316 valence electrons. The molecule has 0 heterocycles. The monoisotopic (exact) mass is 821 g/mol. The molecular formula is C63H64. The molecule has 0 aliphatic rings. The Hall–Kier alpha value is -7.02. The second kappa shape index (κ2) is 25.0. The fraction of sp³-hybridized carbons (Fsp3) is 0.143. The second-order valence-corrected chi connectivity index (χ2v) is 16.1. The lowest BCUT2D eigenvalue weighted by Gasteiger charge is -2.21. The van der Waals surface area contributed by atoms with Crippen molar-refractivity contribution >= 4 is 0 Å². The smallest absolute Gasteiger partial charge is 0.00241 e. The molecule has 0 nitrogen and oxygen atoms in total. The minimum Gasteiger partial charge on any atom is -0.0656 e. The van der Waals surface area contributed by atoms with Gasteiger partial charge in [-0.15, -0.1) is 0 Å². The van der Waals surface area contributed by atoms with Crippen molar-refractivity contribution in [1.29, 1.82) is 0 Å². The molecule has 0 N–H and O–H groups in total. The van der Waals surface area contributed by atoms with Crippen LogP contribution in [0.1, 0.15) is 53.6 Å². The largest absolute Gasteiger partial charge is 0.0656 e. The predicted octanol–water partition coefficient (Wildman–Crippen LogP) is 18.3. The lowest BCUT2D eigenvalue weighted by Crippen LogP contribution is -1.96. The van der Waals surface area contributed by atoms with E-state index in [4.69, 9.17) is 0 Å². The lowest BCUT2D eigenvalue weighted by molar-refractivity contribution is 1.09. The van der Waals surface area contributed by atoms with Gasteiger partial charge in [-0.3, -0.25) is 0 Å². The van der Waals surface area contributed by atoms with Crippen molar-refractivity contribution in [3.05, 3.63) is 264 Å². The standard InChI is InChI=1S/C39H32.3C7H8.C3H8/c1-27-17-20-31(21-18-27)33-15-10-16-35(26-33)37-23-19-28(2)38(39(37)32-13-8-5-9-14-32)36-24-22-34(25-29(36)3)30-11-6-4-7-12-30;3*1-7-5-3-2-4-6-7;1-3-2/h4-26H,1-3H3;3*2-6H,1H3;3H2,1-2H3. The highest BCUT2D eigenvalue weighted by atomic mass is 14.2. The average molecular weight is 821 g/mol. The Kier molecular flexibility index (Phi) is 18.7. The van der Waals surface area contributed by atoms with Crippen molar-refractivity contribution in [3.63, 3.8) is 0 Å². The summed E-state index contributed by atoms with van der Waals surface area (Å²) in [6.45, 7) is 17.1. The molecular weight excluding hydrogens is 757 g/mol. The van der Waals surface area contributed by atoms with E-state index in [0.29, 0.717) is 0 Å². The molecule has 0 amide bonds. The van der Waals surface area contributed by atoms with Gasteiger partial charge in [-0.25, -0.2) is 0 Å². The van der Waals surface area contributed by atoms with Crippen molar-refractivity contribution in [2.24, 2.45) is 0 Å². The first kappa shape index (κ1) is 47.0. The highest BCUT2D eigenvalue weighted by Gasteiger charge is 2.18. The molecule has 0 aliphatic heterocycles. The molecule has 0 aliphatic carbocycles. The Balaban J connectivity index is 0.000000250. The molecule has 0 fully saturated rings. The van der Waals surface area contributed by atoms with Crippen LogP contribution in [0.4, 0.5) is 0 Å². The fourth-order valence-electron chi connectivity index (χ4n) is 7.17. The van der Waals surface area contributed by atoms with Crippen LogP contribution >= 0.6 is 0 Å². The van der Waals surface area contributed by atoms with Crippen LogP contribution in [0.5, 0.6) is 0 Å². The Bertz CT molecular complexity index is 2570. The van der Waals surface area contributed by atoms with Crippen LogP contribution < -0.4 is 0 Å². The molecule has 0 atom stereocenters. The molecule has 0 spiro atoms. The molecule has 0 saturated heterocycles. The highest BCUT2D eigenvalue weighted by molar-refractivity contribution is 5.97. The van der Waals surface area contributed by atoms with E-state index in [2.05, 4.69) is 231 Å². The molecule has 9 aromatic rings. The molecule has 0 bridgehead atoms. The van der Waals surface area contributed by atoms with Gasteiger partial charge in [0.25, 0.3) is 0 Å². The molecule has 0 aromatic heterocycles. The van der Waals surface area contributed by atoms with Crippen LogP contribution in [-0.2, 0) is 0 Å². The molecule has 0 saturated carbocycles. The summed E-state index contributed by atoms with van der Waals surface area (Å²) in [5, 5.41) is 0. The van der Waals surface area contributed by atoms with Gasteiger partial charge in [0.05, 0.1) is 0 Å². The van der Waals surface area contributed by atoms with Gasteiger partial charge in [0.15, 0.2) is 0 Å². The van der Waals surface area contributed by atoms with Crippen molar-refractivity contribution in [2.45, 2.75) is 61.8 Å². The topological polar surface area (TPSA) is 0 Å². The maximum absolute atomic E-state index is 2.33. The Labute approximate surface area is 379 Å². The summed E-state index contributed by atoms with van der Waals surface area (Å²) < 4.78 is 0. The van der Waals surface area contributed by atoms with E-state index in [1.165, 1.54) is 95.4 Å². The zero-order chi connectivity index (χ0) is 44.8. The quantitative estimate of drug-likeness (QED) is 0.162. The number of rotatable bonds is 5. The van der Waals surface area contributed by atoms with Gasteiger partial charge in [-0.1, -0.05) is 267 Å². The maximum Gasteiger partial charge on any atom is -0.00241 e. The van der Waals surface area contributed by atoms with Crippen LogP contribution in [0.15, 0.2) is 231 Å². The van der Waals surface area contributed by atoms with E-state index in [1.807, 2.05) is 54.6 Å².